The molecule has 20 heavy (non-hydrogen) atoms. The summed E-state index contributed by atoms with van der Waals surface area (Å²) in [5.74, 6) is -0.989. The first-order valence-corrected chi connectivity index (χ1v) is 7.41. The summed E-state index contributed by atoms with van der Waals surface area (Å²) in [4.78, 5) is 24.9. The molecule has 3 atom stereocenters. The van der Waals surface area contributed by atoms with Crippen LogP contribution >= 0.6 is 0 Å². The van der Waals surface area contributed by atoms with Gasteiger partial charge in [-0.3, -0.25) is 14.5 Å². The number of rotatable bonds is 5. The molecule has 114 valence electrons. The van der Waals surface area contributed by atoms with Crippen molar-refractivity contribution in [1.29, 1.82) is 0 Å². The van der Waals surface area contributed by atoms with E-state index in [0.29, 0.717) is 32.5 Å². The van der Waals surface area contributed by atoms with Crippen molar-refractivity contribution in [3.63, 3.8) is 0 Å². The van der Waals surface area contributed by atoms with Crippen LogP contribution in [0.15, 0.2) is 0 Å². The first kappa shape index (κ1) is 15.3. The number of likely N-dealkylation sites (tertiary alicyclic amines) is 1. The molecule has 0 aromatic rings. The second kappa shape index (κ2) is 7.04. The number of ether oxygens (including phenoxy) is 1. The number of carboxylic acids is 1. The van der Waals surface area contributed by atoms with Gasteiger partial charge in [0.1, 0.15) is 0 Å². The van der Waals surface area contributed by atoms with Crippen molar-refractivity contribution in [1.82, 2.24) is 10.2 Å². The van der Waals surface area contributed by atoms with Crippen LogP contribution in [-0.2, 0) is 14.3 Å². The molecule has 2 saturated heterocycles. The lowest BCUT2D eigenvalue weighted by atomic mass is 9.92. The Morgan fingerprint density at radius 1 is 1.40 bits per heavy atom. The molecule has 3 unspecified atom stereocenters. The minimum atomic E-state index is -0.723. The maximum absolute atomic E-state index is 11.9. The van der Waals surface area contributed by atoms with E-state index < -0.39 is 5.97 Å². The molecule has 6 nitrogen and oxygen atoms in total. The Morgan fingerprint density at radius 2 is 2.20 bits per heavy atom. The highest BCUT2D eigenvalue weighted by molar-refractivity contribution is 5.78. The maximum atomic E-state index is 11.9. The predicted molar refractivity (Wildman–Crippen MR) is 73.4 cm³/mol. The monoisotopic (exact) mass is 284 g/mol. The average Bonchev–Trinajstić information content (AvgIpc) is 2.91. The van der Waals surface area contributed by atoms with Crippen LogP contribution in [0.3, 0.4) is 0 Å². The maximum Gasteiger partial charge on any atom is 0.306 e. The minimum Gasteiger partial charge on any atom is -0.481 e. The van der Waals surface area contributed by atoms with E-state index in [1.807, 2.05) is 6.92 Å². The summed E-state index contributed by atoms with van der Waals surface area (Å²) in [5.41, 5.74) is 0. The molecular formula is C14H24N2O4. The van der Waals surface area contributed by atoms with E-state index in [1.165, 1.54) is 0 Å². The SMILES string of the molecule is CC1CC(C(=O)O)CCN1CC(=O)NCC1CCCO1. The normalized spacial score (nSPS) is 31.1. The third-order valence-electron chi connectivity index (χ3n) is 4.26. The number of carbonyl (C=O) groups is 2. The van der Waals surface area contributed by atoms with E-state index in [2.05, 4.69) is 10.2 Å². The van der Waals surface area contributed by atoms with Crippen molar-refractivity contribution in [2.45, 2.75) is 44.8 Å². The lowest BCUT2D eigenvalue weighted by molar-refractivity contribution is -0.144. The summed E-state index contributed by atoms with van der Waals surface area (Å²) in [7, 11) is 0. The van der Waals surface area contributed by atoms with Gasteiger partial charge in [-0.1, -0.05) is 0 Å². The van der Waals surface area contributed by atoms with Gasteiger partial charge in [-0.15, -0.1) is 0 Å². The van der Waals surface area contributed by atoms with E-state index in [1.54, 1.807) is 0 Å². The number of piperidine rings is 1. The van der Waals surface area contributed by atoms with Crippen LogP contribution in [0, 0.1) is 5.92 Å². The lowest BCUT2D eigenvalue weighted by Crippen LogP contribution is -2.48. The number of hydrogen-bond donors (Lipinski definition) is 2. The Labute approximate surface area is 119 Å². The Balaban J connectivity index is 1.70. The number of carbonyl (C=O) groups excluding carboxylic acids is 1. The topological polar surface area (TPSA) is 78.9 Å². The highest BCUT2D eigenvalue weighted by Crippen LogP contribution is 2.22. The number of carboxylic acid groups (broad SMARTS) is 1. The third kappa shape index (κ3) is 4.18. The van der Waals surface area contributed by atoms with Gasteiger partial charge in [-0.25, -0.2) is 0 Å². The molecule has 2 rings (SSSR count). The number of nitrogens with zero attached hydrogens (tertiary/aromatic N) is 1. The molecule has 0 radical (unpaired) electrons. The van der Waals surface area contributed by atoms with Gasteiger partial charge >= 0.3 is 5.97 Å². The van der Waals surface area contributed by atoms with E-state index >= 15 is 0 Å². The van der Waals surface area contributed by atoms with Crippen LogP contribution in [0.5, 0.6) is 0 Å². The van der Waals surface area contributed by atoms with Crippen LogP contribution in [-0.4, -0.2) is 60.3 Å². The standard InChI is InChI=1S/C14H24N2O4/c1-10-7-11(14(18)19)4-5-16(10)9-13(17)15-8-12-3-2-6-20-12/h10-12H,2-9H2,1H3,(H,15,17)(H,18,19). The van der Waals surface area contributed by atoms with Gasteiger partial charge in [0.05, 0.1) is 18.6 Å². The predicted octanol–water partition coefficient (Wildman–Crippen LogP) is 0.467. The van der Waals surface area contributed by atoms with Gasteiger partial charge in [0.2, 0.25) is 5.91 Å². The zero-order valence-corrected chi connectivity index (χ0v) is 12.0. The zero-order chi connectivity index (χ0) is 14.5. The van der Waals surface area contributed by atoms with Crippen LogP contribution in [0.4, 0.5) is 0 Å². The van der Waals surface area contributed by atoms with Gasteiger partial charge in [-0.2, -0.15) is 0 Å². The van der Waals surface area contributed by atoms with E-state index in [0.717, 1.165) is 19.4 Å². The number of nitrogens with one attached hydrogen (secondary N) is 1. The fraction of sp³-hybridized carbons (Fsp3) is 0.857. The molecule has 0 saturated carbocycles. The first-order chi connectivity index (χ1) is 9.56. The molecule has 0 spiro atoms. The molecule has 2 N–H and O–H groups in total. The molecule has 0 aromatic carbocycles. The molecule has 2 fully saturated rings. The van der Waals surface area contributed by atoms with Gasteiger partial charge in [0.15, 0.2) is 0 Å². The van der Waals surface area contributed by atoms with Crippen molar-refractivity contribution in [2.75, 3.05) is 26.2 Å². The fourth-order valence-electron chi connectivity index (χ4n) is 2.95. The first-order valence-electron chi connectivity index (χ1n) is 7.41. The van der Waals surface area contributed by atoms with E-state index in [4.69, 9.17) is 9.84 Å². The minimum absolute atomic E-state index is 0.00104. The largest absolute Gasteiger partial charge is 0.481 e. The molecule has 1 amide bonds. The number of amides is 1. The number of hydrogen-bond acceptors (Lipinski definition) is 4. The Morgan fingerprint density at radius 3 is 2.80 bits per heavy atom. The van der Waals surface area contributed by atoms with E-state index in [-0.39, 0.29) is 24.0 Å². The van der Waals surface area contributed by atoms with Crippen LogP contribution in [0.25, 0.3) is 0 Å². The van der Waals surface area contributed by atoms with Gasteiger partial charge in [0.25, 0.3) is 0 Å². The van der Waals surface area contributed by atoms with Gasteiger partial charge < -0.3 is 15.2 Å². The number of aliphatic carboxylic acids is 1. The summed E-state index contributed by atoms with van der Waals surface area (Å²) in [5, 5.41) is 11.9. The van der Waals surface area contributed by atoms with Crippen molar-refractivity contribution in [2.24, 2.45) is 5.92 Å². The Kier molecular flexibility index (Phi) is 5.37. The summed E-state index contributed by atoms with van der Waals surface area (Å²) >= 11 is 0. The van der Waals surface area contributed by atoms with Gasteiger partial charge in [0, 0.05) is 19.2 Å². The van der Waals surface area contributed by atoms with Crippen molar-refractivity contribution < 1.29 is 19.4 Å². The smallest absolute Gasteiger partial charge is 0.306 e. The van der Waals surface area contributed by atoms with Crippen molar-refractivity contribution >= 4 is 11.9 Å². The van der Waals surface area contributed by atoms with E-state index in [9.17, 15) is 9.59 Å². The summed E-state index contributed by atoms with van der Waals surface area (Å²) < 4.78 is 5.46. The molecule has 0 aliphatic carbocycles. The fourth-order valence-corrected chi connectivity index (χ4v) is 2.95. The molecule has 2 aliphatic heterocycles. The Hall–Kier alpha value is -1.14. The third-order valence-corrected chi connectivity index (χ3v) is 4.26. The highest BCUT2D eigenvalue weighted by atomic mass is 16.5. The van der Waals surface area contributed by atoms with Gasteiger partial charge in [-0.05, 0) is 39.2 Å². The average molecular weight is 284 g/mol. The molecule has 2 aliphatic rings. The molecule has 6 heteroatoms. The second-order valence-corrected chi connectivity index (χ2v) is 5.82. The van der Waals surface area contributed by atoms with Crippen molar-refractivity contribution in [3.8, 4) is 0 Å². The molecule has 2 heterocycles. The molecule has 0 aromatic heterocycles. The summed E-state index contributed by atoms with van der Waals surface area (Å²) in [6.07, 6.45) is 3.49. The summed E-state index contributed by atoms with van der Waals surface area (Å²) in [6, 6.07) is 0.137. The Bertz CT molecular complexity index is 355. The van der Waals surface area contributed by atoms with Crippen LogP contribution in [0.1, 0.15) is 32.6 Å². The molecular weight excluding hydrogens is 260 g/mol. The van der Waals surface area contributed by atoms with Crippen LogP contribution in [0.2, 0.25) is 0 Å². The second-order valence-electron chi connectivity index (χ2n) is 5.82. The van der Waals surface area contributed by atoms with Crippen LogP contribution < -0.4 is 5.32 Å². The highest BCUT2D eigenvalue weighted by Gasteiger charge is 2.30. The molecule has 0 bridgehead atoms. The lowest BCUT2D eigenvalue weighted by Gasteiger charge is -2.35. The van der Waals surface area contributed by atoms with Crippen molar-refractivity contribution in [3.05, 3.63) is 0 Å². The summed E-state index contributed by atoms with van der Waals surface area (Å²) in [6.45, 7) is 4.38. The quantitative estimate of drug-likeness (QED) is 0.767. The zero-order valence-electron chi connectivity index (χ0n) is 12.0.